The molecule has 1 aliphatic carbocycles. The summed E-state index contributed by atoms with van der Waals surface area (Å²) in [5.41, 5.74) is 1.67. The van der Waals surface area contributed by atoms with Gasteiger partial charge in [0.15, 0.2) is 11.6 Å². The molecule has 0 radical (unpaired) electrons. The topological polar surface area (TPSA) is 82.2 Å². The normalized spacial score (nSPS) is 24.9. The number of anilines is 1. The summed E-state index contributed by atoms with van der Waals surface area (Å²) in [7, 11) is 1.56. The third-order valence-electron chi connectivity index (χ3n) is 6.63. The molecule has 0 unspecified atom stereocenters. The van der Waals surface area contributed by atoms with E-state index in [0.29, 0.717) is 34.3 Å². The fourth-order valence-corrected chi connectivity index (χ4v) is 5.10. The largest absolute Gasteiger partial charge is 0.492 e. The molecular formula is C21H27FN4O3. The van der Waals surface area contributed by atoms with Gasteiger partial charge >= 0.3 is 0 Å². The maximum Gasteiger partial charge on any atom is 0.169 e. The van der Waals surface area contributed by atoms with E-state index in [1.165, 1.54) is 6.07 Å². The molecule has 3 N–H and O–H groups in total. The lowest BCUT2D eigenvalue weighted by Crippen LogP contribution is -2.40. The molecule has 5 rings (SSSR count). The summed E-state index contributed by atoms with van der Waals surface area (Å²) in [6.07, 6.45) is 6.16. The Labute approximate surface area is 168 Å². The number of fused-ring (bicyclic) bond motifs is 2. The Morgan fingerprint density at radius 1 is 1.31 bits per heavy atom. The van der Waals surface area contributed by atoms with E-state index < -0.39 is 5.82 Å². The van der Waals surface area contributed by atoms with Crippen LogP contribution in [0.1, 0.15) is 37.3 Å². The molecule has 29 heavy (non-hydrogen) atoms. The van der Waals surface area contributed by atoms with Gasteiger partial charge in [-0.2, -0.15) is 0 Å². The van der Waals surface area contributed by atoms with Crippen LogP contribution in [0.25, 0.3) is 10.9 Å². The molecule has 0 spiro atoms. The molecule has 3 heterocycles. The lowest BCUT2D eigenvalue weighted by Gasteiger charge is -2.25. The zero-order valence-corrected chi connectivity index (χ0v) is 16.6. The average molecular weight is 402 g/mol. The number of aliphatic hydroxyl groups excluding tert-OH is 1. The van der Waals surface area contributed by atoms with E-state index in [-0.39, 0.29) is 18.0 Å². The Morgan fingerprint density at radius 2 is 2.14 bits per heavy atom. The number of piperidine rings is 1. The number of hydrogen-bond donors (Lipinski definition) is 3. The number of aromatic nitrogens is 1. The van der Waals surface area contributed by atoms with Gasteiger partial charge in [-0.25, -0.2) is 4.39 Å². The van der Waals surface area contributed by atoms with Crippen molar-refractivity contribution in [1.82, 2.24) is 9.88 Å². The van der Waals surface area contributed by atoms with Crippen LogP contribution in [-0.4, -0.2) is 47.7 Å². The molecule has 0 amide bonds. The summed E-state index contributed by atoms with van der Waals surface area (Å²) in [5, 5.41) is 26.9. The van der Waals surface area contributed by atoms with Gasteiger partial charge in [-0.1, -0.05) is 5.16 Å². The van der Waals surface area contributed by atoms with Gasteiger partial charge in [0.25, 0.3) is 0 Å². The number of halogens is 1. The van der Waals surface area contributed by atoms with Gasteiger partial charge in [0.05, 0.1) is 19.2 Å². The number of nitrogens with one attached hydrogen (secondary N) is 1. The van der Waals surface area contributed by atoms with Crippen LogP contribution in [0, 0.1) is 11.7 Å². The molecule has 2 atom stereocenters. The molecule has 2 saturated heterocycles. The van der Waals surface area contributed by atoms with E-state index in [1.807, 2.05) is 6.20 Å². The van der Waals surface area contributed by atoms with Gasteiger partial charge in [0, 0.05) is 42.3 Å². The Balaban J connectivity index is 1.74. The summed E-state index contributed by atoms with van der Waals surface area (Å²) < 4.78 is 23.3. The second-order valence-corrected chi connectivity index (χ2v) is 8.40. The average Bonchev–Trinajstić information content (AvgIpc) is 3.49. The van der Waals surface area contributed by atoms with E-state index in [2.05, 4.69) is 19.9 Å². The number of rotatable bonds is 4. The third kappa shape index (κ3) is 2.97. The summed E-state index contributed by atoms with van der Waals surface area (Å²) in [5.74, 6) is 0.592. The number of pyridine rings is 1. The smallest absolute Gasteiger partial charge is 0.169 e. The first-order valence-electron chi connectivity index (χ1n) is 10.4. The van der Waals surface area contributed by atoms with Crippen LogP contribution in [0.15, 0.2) is 17.4 Å². The van der Waals surface area contributed by atoms with Crippen LogP contribution in [0.2, 0.25) is 0 Å². The van der Waals surface area contributed by atoms with Gasteiger partial charge in [0.1, 0.15) is 11.0 Å². The zero-order valence-electron chi connectivity index (χ0n) is 16.6. The number of ether oxygens (including phenoxy) is 1. The van der Waals surface area contributed by atoms with E-state index >= 15 is 4.39 Å². The first-order chi connectivity index (χ1) is 14.2. The number of aliphatic hydroxyl groups is 1. The van der Waals surface area contributed by atoms with Crippen molar-refractivity contribution in [3.05, 3.63) is 29.0 Å². The minimum absolute atomic E-state index is 0.194. The van der Waals surface area contributed by atoms with Crippen LogP contribution < -0.4 is 20.3 Å². The lowest BCUT2D eigenvalue weighted by molar-refractivity contribution is 0.270. The van der Waals surface area contributed by atoms with E-state index in [4.69, 9.17) is 4.74 Å². The van der Waals surface area contributed by atoms with Crippen LogP contribution in [0.3, 0.4) is 0 Å². The van der Waals surface area contributed by atoms with Crippen molar-refractivity contribution in [2.75, 3.05) is 31.6 Å². The van der Waals surface area contributed by atoms with Gasteiger partial charge in [-0.15, -0.1) is 0 Å². The molecule has 0 bridgehead atoms. The van der Waals surface area contributed by atoms with E-state index in [9.17, 15) is 10.3 Å². The van der Waals surface area contributed by atoms with Crippen LogP contribution >= 0.6 is 0 Å². The minimum atomic E-state index is -0.393. The lowest BCUT2D eigenvalue weighted by atomic mass is 9.94. The molecule has 1 saturated carbocycles. The molecule has 8 heteroatoms. The second-order valence-electron chi connectivity index (χ2n) is 8.40. The molecular weight excluding hydrogens is 375 g/mol. The number of nitrogens with zero attached hydrogens (tertiary/aromatic N) is 3. The van der Waals surface area contributed by atoms with E-state index in [1.54, 1.807) is 7.11 Å². The predicted molar refractivity (Wildman–Crippen MR) is 107 cm³/mol. The maximum atomic E-state index is 15.5. The molecule has 7 nitrogen and oxygen atoms in total. The first-order valence-corrected chi connectivity index (χ1v) is 10.4. The van der Waals surface area contributed by atoms with Gasteiger partial charge in [-0.3, -0.25) is 0 Å². The first kappa shape index (κ1) is 18.7. The molecule has 156 valence electrons. The Hall–Kier alpha value is -2.32. The third-order valence-corrected chi connectivity index (χ3v) is 6.63. The van der Waals surface area contributed by atoms with E-state index in [0.717, 1.165) is 50.8 Å². The standard InChI is InChI=1S/C21H27FN4O3/c1-29-21-19-15(18(24-28)13(11-27)9-26(19)14-4-5-14)7-16(22)20(21)25-8-12-3-2-6-23-17(12)10-25/h7,9,12,14,17,23,27-28H,2-6,8,10-11H2,1H3/b24-18+/t12-,17+/m0/s1. The van der Waals surface area contributed by atoms with Crippen molar-refractivity contribution >= 4 is 16.6 Å². The highest BCUT2D eigenvalue weighted by atomic mass is 19.1. The van der Waals surface area contributed by atoms with Crippen molar-refractivity contribution in [1.29, 1.82) is 0 Å². The monoisotopic (exact) mass is 402 g/mol. The zero-order chi connectivity index (χ0) is 20.1. The van der Waals surface area contributed by atoms with Crippen molar-refractivity contribution in [3.8, 4) is 5.75 Å². The quantitative estimate of drug-likeness (QED) is 0.539. The predicted octanol–water partition coefficient (Wildman–Crippen LogP) is 2.09. The number of benzene rings is 1. The van der Waals surface area contributed by atoms with Crippen LogP contribution in [-0.2, 0) is 6.61 Å². The highest BCUT2D eigenvalue weighted by molar-refractivity contribution is 5.92. The molecule has 1 aromatic carbocycles. The minimum Gasteiger partial charge on any atom is -0.492 e. The molecule has 3 aliphatic rings. The second kappa shape index (κ2) is 7.18. The van der Waals surface area contributed by atoms with Crippen molar-refractivity contribution in [3.63, 3.8) is 0 Å². The van der Waals surface area contributed by atoms with Crippen LogP contribution in [0.5, 0.6) is 5.75 Å². The summed E-state index contributed by atoms with van der Waals surface area (Å²) in [4.78, 5) is 2.09. The molecule has 3 fully saturated rings. The van der Waals surface area contributed by atoms with Gasteiger partial charge in [0.2, 0.25) is 0 Å². The van der Waals surface area contributed by atoms with Crippen LogP contribution in [0.4, 0.5) is 10.1 Å². The molecule has 2 aromatic rings. The fourth-order valence-electron chi connectivity index (χ4n) is 5.10. The van der Waals surface area contributed by atoms with Crippen molar-refractivity contribution in [2.24, 2.45) is 11.1 Å². The molecule has 2 aliphatic heterocycles. The van der Waals surface area contributed by atoms with Gasteiger partial charge < -0.3 is 29.8 Å². The highest BCUT2D eigenvalue weighted by Gasteiger charge is 2.37. The number of hydrogen-bond acceptors (Lipinski definition) is 6. The van der Waals surface area contributed by atoms with Crippen molar-refractivity contribution in [2.45, 2.75) is 44.4 Å². The van der Waals surface area contributed by atoms with Gasteiger partial charge in [-0.05, 0) is 44.2 Å². The highest BCUT2D eigenvalue weighted by Crippen LogP contribution is 2.45. The fraction of sp³-hybridized carbons (Fsp3) is 0.571. The Morgan fingerprint density at radius 3 is 2.79 bits per heavy atom. The Bertz CT molecular complexity index is 1000. The number of methoxy groups -OCH3 is 1. The SMILES string of the molecule is COc1c(N2C[C@@H]3CCCN[C@@H]3C2)c(F)cc2/c(=N/O)c(CO)cn(C3CC3)c12. The molecule has 1 aromatic heterocycles. The summed E-state index contributed by atoms with van der Waals surface area (Å²) in [6.45, 7) is 2.28. The Kier molecular flexibility index (Phi) is 4.63. The summed E-state index contributed by atoms with van der Waals surface area (Å²) >= 11 is 0. The maximum absolute atomic E-state index is 15.5. The summed E-state index contributed by atoms with van der Waals surface area (Å²) in [6, 6.07) is 2.08. The van der Waals surface area contributed by atoms with Crippen molar-refractivity contribution < 1.29 is 19.4 Å².